The number of para-hydroxylation sites is 1. The monoisotopic (exact) mass is 366 g/mol. The first-order valence-electron chi connectivity index (χ1n) is 7.44. The van der Waals surface area contributed by atoms with Gasteiger partial charge in [-0.15, -0.1) is 16.4 Å². The fraction of sp³-hybridized carbons (Fsp3) is 0. The average Bonchev–Trinajstić information content (AvgIpc) is 3.30. The number of nitrogens with one attached hydrogen (secondary N) is 1. The third kappa shape index (κ3) is 2.78. The van der Waals surface area contributed by atoms with Crippen molar-refractivity contribution in [2.75, 3.05) is 5.32 Å². The lowest BCUT2D eigenvalue weighted by molar-refractivity contribution is -0.385. The molecular formula is C16H10N6O3S. The molecule has 4 aromatic rings. The molecule has 0 saturated heterocycles. The van der Waals surface area contributed by atoms with Crippen LogP contribution in [0.15, 0.2) is 54.0 Å². The molecule has 10 heteroatoms. The number of nitro groups is 1. The summed E-state index contributed by atoms with van der Waals surface area (Å²) in [6.45, 7) is 0. The van der Waals surface area contributed by atoms with Gasteiger partial charge in [-0.1, -0.05) is 18.2 Å². The maximum Gasteiger partial charge on any atom is 0.282 e. The molecule has 0 saturated carbocycles. The number of nitrogens with zero attached hydrogens (tertiary/aromatic N) is 5. The summed E-state index contributed by atoms with van der Waals surface area (Å²) in [6.07, 6.45) is 1.60. The van der Waals surface area contributed by atoms with Crippen LogP contribution in [0.2, 0.25) is 0 Å². The van der Waals surface area contributed by atoms with Gasteiger partial charge < -0.3 is 0 Å². The maximum atomic E-state index is 12.4. The molecule has 4 rings (SSSR count). The number of nitro benzene ring substituents is 1. The van der Waals surface area contributed by atoms with Gasteiger partial charge in [0.25, 0.3) is 23.3 Å². The quantitative estimate of drug-likeness (QED) is 0.438. The molecule has 0 aliphatic carbocycles. The lowest BCUT2D eigenvalue weighted by Gasteiger charge is -2.02. The molecule has 0 atom stereocenters. The molecule has 0 bridgehead atoms. The summed E-state index contributed by atoms with van der Waals surface area (Å²) in [5, 5.41) is 19.8. The first kappa shape index (κ1) is 15.8. The van der Waals surface area contributed by atoms with E-state index in [1.807, 2.05) is 17.5 Å². The van der Waals surface area contributed by atoms with Crippen molar-refractivity contribution < 1.29 is 9.72 Å². The number of fused-ring (bicyclic) bond motifs is 1. The van der Waals surface area contributed by atoms with Crippen molar-refractivity contribution >= 4 is 34.7 Å². The normalized spacial score (nSPS) is 10.8. The van der Waals surface area contributed by atoms with Crippen LogP contribution in [0.3, 0.4) is 0 Å². The summed E-state index contributed by atoms with van der Waals surface area (Å²) < 4.78 is 1.51. The second-order valence-electron chi connectivity index (χ2n) is 5.18. The lowest BCUT2D eigenvalue weighted by Crippen LogP contribution is -2.15. The number of hydrogen-bond donors (Lipinski definition) is 1. The Bertz CT molecular complexity index is 1120. The van der Waals surface area contributed by atoms with Crippen LogP contribution >= 0.6 is 11.3 Å². The van der Waals surface area contributed by atoms with Gasteiger partial charge in [0.2, 0.25) is 0 Å². The minimum absolute atomic E-state index is 0.0182. The SMILES string of the molecule is O=C(Nc1nc2nccc(-c3cccs3)n2n1)c1ccccc1[N+](=O)[O-]. The van der Waals surface area contributed by atoms with Crippen molar-refractivity contribution in [3.05, 3.63) is 69.7 Å². The molecule has 1 aromatic carbocycles. The van der Waals surface area contributed by atoms with Gasteiger partial charge in [-0.3, -0.25) is 20.2 Å². The second-order valence-corrected chi connectivity index (χ2v) is 6.13. The molecule has 3 heterocycles. The summed E-state index contributed by atoms with van der Waals surface area (Å²) in [7, 11) is 0. The smallest absolute Gasteiger partial charge is 0.282 e. The van der Waals surface area contributed by atoms with E-state index in [1.54, 1.807) is 18.3 Å². The third-order valence-corrected chi connectivity index (χ3v) is 4.48. The van der Waals surface area contributed by atoms with E-state index in [2.05, 4.69) is 20.4 Å². The Balaban J connectivity index is 1.70. The molecule has 3 aromatic heterocycles. The van der Waals surface area contributed by atoms with E-state index in [0.29, 0.717) is 5.78 Å². The number of thiophene rings is 1. The first-order chi connectivity index (χ1) is 12.6. The highest BCUT2D eigenvalue weighted by atomic mass is 32.1. The van der Waals surface area contributed by atoms with Crippen LogP contribution in [-0.2, 0) is 0 Å². The van der Waals surface area contributed by atoms with Crippen molar-refractivity contribution in [3.63, 3.8) is 0 Å². The number of aromatic nitrogens is 4. The zero-order chi connectivity index (χ0) is 18.1. The third-order valence-electron chi connectivity index (χ3n) is 3.58. The number of carbonyl (C=O) groups is 1. The number of benzene rings is 1. The van der Waals surface area contributed by atoms with Gasteiger partial charge in [-0.2, -0.15) is 9.50 Å². The van der Waals surface area contributed by atoms with Gasteiger partial charge in [0, 0.05) is 12.3 Å². The molecule has 1 N–H and O–H groups in total. The highest BCUT2D eigenvalue weighted by Crippen LogP contribution is 2.25. The van der Waals surface area contributed by atoms with Gasteiger partial charge >= 0.3 is 0 Å². The van der Waals surface area contributed by atoms with Gasteiger partial charge in [0.05, 0.1) is 15.5 Å². The second kappa shape index (κ2) is 6.33. The Kier molecular flexibility index (Phi) is 3.86. The van der Waals surface area contributed by atoms with Crippen molar-refractivity contribution in [2.24, 2.45) is 0 Å². The minimum Gasteiger partial charge on any atom is -0.289 e. The zero-order valence-corrected chi connectivity index (χ0v) is 13.9. The molecule has 1 amide bonds. The van der Waals surface area contributed by atoms with Crippen molar-refractivity contribution in [1.82, 2.24) is 19.6 Å². The van der Waals surface area contributed by atoms with Gasteiger partial charge in [0.15, 0.2) is 0 Å². The Morgan fingerprint density at radius 3 is 2.81 bits per heavy atom. The molecule has 128 valence electrons. The van der Waals surface area contributed by atoms with Crippen molar-refractivity contribution in [3.8, 4) is 10.6 Å². The summed E-state index contributed by atoms with van der Waals surface area (Å²) in [5.74, 6) is -0.329. The van der Waals surface area contributed by atoms with Gasteiger partial charge in [0.1, 0.15) is 5.56 Å². The predicted octanol–water partition coefficient (Wildman–Crippen LogP) is 3.01. The van der Waals surface area contributed by atoms with E-state index in [-0.39, 0.29) is 17.2 Å². The maximum absolute atomic E-state index is 12.4. The molecular weight excluding hydrogens is 356 g/mol. The fourth-order valence-electron chi connectivity index (χ4n) is 2.45. The van der Waals surface area contributed by atoms with E-state index in [4.69, 9.17) is 0 Å². The molecule has 9 nitrogen and oxygen atoms in total. The van der Waals surface area contributed by atoms with Crippen LogP contribution in [0.25, 0.3) is 16.3 Å². The highest BCUT2D eigenvalue weighted by Gasteiger charge is 2.21. The van der Waals surface area contributed by atoms with E-state index in [0.717, 1.165) is 10.6 Å². The summed E-state index contributed by atoms with van der Waals surface area (Å²) in [6, 6.07) is 11.3. The van der Waals surface area contributed by atoms with Gasteiger partial charge in [-0.05, 0) is 23.6 Å². The molecule has 0 aliphatic heterocycles. The van der Waals surface area contributed by atoms with E-state index < -0.39 is 10.8 Å². The van der Waals surface area contributed by atoms with E-state index in [9.17, 15) is 14.9 Å². The molecule has 0 fully saturated rings. The summed E-state index contributed by atoms with van der Waals surface area (Å²) >= 11 is 1.54. The molecule has 0 unspecified atom stereocenters. The number of hydrogen-bond acceptors (Lipinski definition) is 7. The zero-order valence-electron chi connectivity index (χ0n) is 13.1. The van der Waals surface area contributed by atoms with Crippen LogP contribution in [-0.4, -0.2) is 30.4 Å². The van der Waals surface area contributed by atoms with Crippen LogP contribution in [0.1, 0.15) is 10.4 Å². The van der Waals surface area contributed by atoms with Crippen molar-refractivity contribution in [2.45, 2.75) is 0 Å². The van der Waals surface area contributed by atoms with E-state index >= 15 is 0 Å². The standard InChI is InChI=1S/C16H10N6O3S/c23-14(10-4-1-2-5-11(10)22(24)25)18-15-19-16-17-8-7-12(21(16)20-15)13-6-3-9-26-13/h1-9H,(H,18,20,23). The number of amides is 1. The van der Waals surface area contributed by atoms with Gasteiger partial charge in [-0.25, -0.2) is 4.98 Å². The molecule has 0 spiro atoms. The Morgan fingerprint density at radius 2 is 2.04 bits per heavy atom. The average molecular weight is 366 g/mol. The first-order valence-corrected chi connectivity index (χ1v) is 8.32. The number of rotatable bonds is 4. The van der Waals surface area contributed by atoms with Crippen LogP contribution in [0.5, 0.6) is 0 Å². The predicted molar refractivity (Wildman–Crippen MR) is 95.1 cm³/mol. The van der Waals surface area contributed by atoms with Crippen LogP contribution in [0.4, 0.5) is 11.6 Å². The van der Waals surface area contributed by atoms with Crippen LogP contribution < -0.4 is 5.32 Å². The topological polar surface area (TPSA) is 115 Å². The van der Waals surface area contributed by atoms with Crippen LogP contribution in [0, 0.1) is 10.1 Å². The summed E-state index contributed by atoms with van der Waals surface area (Å²) in [5.41, 5.74) is 0.428. The number of carbonyl (C=O) groups excluding carboxylic acids is 1. The lowest BCUT2D eigenvalue weighted by atomic mass is 10.1. The minimum atomic E-state index is -0.661. The Labute approximate surface area is 150 Å². The van der Waals surface area contributed by atoms with E-state index in [1.165, 1.54) is 34.1 Å². The molecule has 0 aliphatic rings. The Morgan fingerprint density at radius 1 is 1.19 bits per heavy atom. The molecule has 26 heavy (non-hydrogen) atoms. The molecule has 0 radical (unpaired) electrons. The van der Waals surface area contributed by atoms with Crippen molar-refractivity contribution in [1.29, 1.82) is 0 Å². The Hall–Kier alpha value is -3.66. The number of anilines is 1. The largest absolute Gasteiger partial charge is 0.289 e. The fourth-order valence-corrected chi connectivity index (χ4v) is 3.19. The highest BCUT2D eigenvalue weighted by molar-refractivity contribution is 7.13. The summed E-state index contributed by atoms with van der Waals surface area (Å²) in [4.78, 5) is 32.1.